The minimum Gasteiger partial charge on any atom is -0.463 e. The van der Waals surface area contributed by atoms with Gasteiger partial charge in [-0.3, -0.25) is 14.6 Å². The average molecular weight is 489 g/mol. The number of halogens is 1. The van der Waals surface area contributed by atoms with Crippen LogP contribution in [0.2, 0.25) is 0 Å². The summed E-state index contributed by atoms with van der Waals surface area (Å²) in [7, 11) is 0. The van der Waals surface area contributed by atoms with Crippen LogP contribution >= 0.6 is 0 Å². The first-order valence-electron chi connectivity index (χ1n) is 12.4. The first-order chi connectivity index (χ1) is 16.7. The van der Waals surface area contributed by atoms with Gasteiger partial charge in [-0.25, -0.2) is 14.0 Å². The van der Waals surface area contributed by atoms with E-state index in [4.69, 9.17) is 4.74 Å². The lowest BCUT2D eigenvalue weighted by Gasteiger charge is -2.43. The SMILES string of the molecule is CCOC(=O)C1=C(CN2CCN(C(=O)CC(C)C)[C@H](C)C2)N(CC)C(=O)N[C@@H]1c1cccc(F)c1. The fourth-order valence-corrected chi connectivity index (χ4v) is 4.82. The van der Waals surface area contributed by atoms with Gasteiger partial charge < -0.3 is 15.0 Å². The number of hydrogen-bond acceptors (Lipinski definition) is 5. The van der Waals surface area contributed by atoms with Crippen molar-refractivity contribution in [1.82, 2.24) is 20.0 Å². The zero-order chi connectivity index (χ0) is 25.7. The van der Waals surface area contributed by atoms with Gasteiger partial charge in [0, 0.05) is 50.9 Å². The molecule has 2 atom stereocenters. The molecule has 1 fully saturated rings. The highest BCUT2D eigenvalue weighted by Gasteiger charge is 2.39. The van der Waals surface area contributed by atoms with Gasteiger partial charge in [-0.15, -0.1) is 0 Å². The highest BCUT2D eigenvalue weighted by atomic mass is 19.1. The number of piperazine rings is 1. The van der Waals surface area contributed by atoms with Gasteiger partial charge in [0.2, 0.25) is 5.91 Å². The molecule has 1 N–H and O–H groups in total. The number of nitrogens with one attached hydrogen (secondary N) is 1. The molecule has 3 rings (SSSR count). The lowest BCUT2D eigenvalue weighted by Crippen LogP contribution is -2.56. The van der Waals surface area contributed by atoms with E-state index in [9.17, 15) is 18.8 Å². The third-order valence-electron chi connectivity index (χ3n) is 6.42. The minimum atomic E-state index is -0.818. The summed E-state index contributed by atoms with van der Waals surface area (Å²) in [5.74, 6) is -0.537. The van der Waals surface area contributed by atoms with Gasteiger partial charge in [0.1, 0.15) is 5.82 Å². The van der Waals surface area contributed by atoms with Crippen molar-refractivity contribution in [2.24, 2.45) is 5.92 Å². The number of ether oxygens (including phenoxy) is 1. The maximum atomic E-state index is 14.0. The summed E-state index contributed by atoms with van der Waals surface area (Å²) in [6.07, 6.45) is 0.515. The molecule has 192 valence electrons. The Labute approximate surface area is 207 Å². The summed E-state index contributed by atoms with van der Waals surface area (Å²) in [5, 5.41) is 2.86. The Balaban J connectivity index is 1.94. The van der Waals surface area contributed by atoms with Gasteiger partial charge in [-0.05, 0) is 44.4 Å². The highest BCUT2D eigenvalue weighted by molar-refractivity contribution is 5.95. The number of urea groups is 1. The molecule has 0 bridgehead atoms. The van der Waals surface area contributed by atoms with Gasteiger partial charge in [0.15, 0.2) is 0 Å². The van der Waals surface area contributed by atoms with Gasteiger partial charge >= 0.3 is 12.0 Å². The molecule has 0 aliphatic carbocycles. The molecular formula is C26H37FN4O4. The number of rotatable bonds is 8. The fraction of sp³-hybridized carbons (Fsp3) is 0.577. The largest absolute Gasteiger partial charge is 0.463 e. The molecule has 35 heavy (non-hydrogen) atoms. The number of amides is 3. The monoisotopic (exact) mass is 488 g/mol. The Bertz CT molecular complexity index is 980. The standard InChI is InChI=1S/C26H37FN4O4/c1-6-30-21(16-29-11-12-31(18(5)15-29)22(32)13-17(3)4)23(25(33)35-7-2)24(28-26(30)34)19-9-8-10-20(27)14-19/h8-10,14,17-18,24H,6-7,11-13,15-16H2,1-5H3,(H,28,34)/t18-,24-/m1/s1. The zero-order valence-corrected chi connectivity index (χ0v) is 21.3. The number of likely N-dealkylation sites (N-methyl/N-ethyl adjacent to an activating group) is 1. The normalized spacial score (nSPS) is 21.4. The maximum absolute atomic E-state index is 14.0. The van der Waals surface area contributed by atoms with Crippen molar-refractivity contribution in [2.45, 2.75) is 53.1 Å². The molecule has 0 radical (unpaired) electrons. The molecule has 1 aromatic carbocycles. The topological polar surface area (TPSA) is 82.2 Å². The zero-order valence-electron chi connectivity index (χ0n) is 21.3. The van der Waals surface area contributed by atoms with E-state index >= 15 is 0 Å². The quantitative estimate of drug-likeness (QED) is 0.568. The van der Waals surface area contributed by atoms with Crippen LogP contribution in [0.5, 0.6) is 0 Å². The number of carbonyl (C=O) groups is 3. The Morgan fingerprint density at radius 1 is 1.23 bits per heavy atom. The summed E-state index contributed by atoms with van der Waals surface area (Å²) in [6, 6.07) is 4.74. The summed E-state index contributed by atoms with van der Waals surface area (Å²) < 4.78 is 19.4. The molecule has 0 spiro atoms. The molecule has 3 amide bonds. The summed E-state index contributed by atoms with van der Waals surface area (Å²) >= 11 is 0. The number of nitrogens with zero attached hydrogens (tertiary/aromatic N) is 3. The summed E-state index contributed by atoms with van der Waals surface area (Å²) in [4.78, 5) is 44.5. The second-order valence-corrected chi connectivity index (χ2v) is 9.53. The van der Waals surface area contributed by atoms with Gasteiger partial charge in [-0.2, -0.15) is 0 Å². The van der Waals surface area contributed by atoms with Crippen LogP contribution in [0.4, 0.5) is 9.18 Å². The number of hydrogen-bond donors (Lipinski definition) is 1. The molecule has 1 aromatic rings. The van der Waals surface area contributed by atoms with Gasteiger partial charge in [0.25, 0.3) is 0 Å². The van der Waals surface area contributed by atoms with Crippen molar-refractivity contribution in [3.05, 3.63) is 46.9 Å². The van der Waals surface area contributed by atoms with Crippen LogP contribution < -0.4 is 5.32 Å². The Kier molecular flexibility index (Phi) is 8.88. The van der Waals surface area contributed by atoms with E-state index < -0.39 is 17.8 Å². The van der Waals surface area contributed by atoms with Crippen molar-refractivity contribution in [1.29, 1.82) is 0 Å². The van der Waals surface area contributed by atoms with Crippen LogP contribution in [0.1, 0.15) is 52.6 Å². The van der Waals surface area contributed by atoms with Crippen molar-refractivity contribution < 1.29 is 23.5 Å². The molecule has 8 nitrogen and oxygen atoms in total. The first-order valence-corrected chi connectivity index (χ1v) is 12.4. The molecule has 2 heterocycles. The van der Waals surface area contributed by atoms with Crippen molar-refractivity contribution >= 4 is 17.9 Å². The van der Waals surface area contributed by atoms with Gasteiger partial charge in [-0.1, -0.05) is 26.0 Å². The molecular weight excluding hydrogens is 451 g/mol. The second kappa shape index (κ2) is 11.7. The number of benzene rings is 1. The van der Waals surface area contributed by atoms with E-state index in [0.717, 1.165) is 0 Å². The smallest absolute Gasteiger partial charge is 0.338 e. The molecule has 2 aliphatic rings. The van der Waals surface area contributed by atoms with Crippen LogP contribution in [0.25, 0.3) is 0 Å². The second-order valence-electron chi connectivity index (χ2n) is 9.53. The average Bonchev–Trinajstić information content (AvgIpc) is 2.78. The Morgan fingerprint density at radius 3 is 2.57 bits per heavy atom. The van der Waals surface area contributed by atoms with E-state index in [1.165, 1.54) is 12.1 Å². The molecule has 0 unspecified atom stereocenters. The fourth-order valence-electron chi connectivity index (χ4n) is 4.82. The van der Waals surface area contributed by atoms with Crippen molar-refractivity contribution in [3.8, 4) is 0 Å². The van der Waals surface area contributed by atoms with Crippen LogP contribution in [0.3, 0.4) is 0 Å². The van der Waals surface area contributed by atoms with Crippen LogP contribution in [-0.4, -0.2) is 78.0 Å². The first kappa shape index (κ1) is 26.7. The molecule has 0 saturated carbocycles. The van der Waals surface area contributed by atoms with Crippen LogP contribution in [0.15, 0.2) is 35.5 Å². The Morgan fingerprint density at radius 2 is 1.97 bits per heavy atom. The van der Waals surface area contributed by atoms with Crippen molar-refractivity contribution in [2.75, 3.05) is 39.3 Å². The predicted molar refractivity (Wildman–Crippen MR) is 131 cm³/mol. The lowest BCUT2D eigenvalue weighted by atomic mass is 9.94. The van der Waals surface area contributed by atoms with E-state index in [1.807, 2.05) is 32.6 Å². The summed E-state index contributed by atoms with van der Waals surface area (Å²) in [5.41, 5.74) is 1.34. The highest BCUT2D eigenvalue weighted by Crippen LogP contribution is 2.32. The van der Waals surface area contributed by atoms with E-state index in [2.05, 4.69) is 10.2 Å². The Hall–Kier alpha value is -2.94. The van der Waals surface area contributed by atoms with Crippen LogP contribution in [-0.2, 0) is 14.3 Å². The van der Waals surface area contributed by atoms with E-state index in [1.54, 1.807) is 24.0 Å². The predicted octanol–water partition coefficient (Wildman–Crippen LogP) is 3.31. The molecule has 9 heteroatoms. The van der Waals surface area contributed by atoms with E-state index in [-0.39, 0.29) is 24.6 Å². The van der Waals surface area contributed by atoms with Crippen molar-refractivity contribution in [3.63, 3.8) is 0 Å². The maximum Gasteiger partial charge on any atom is 0.338 e. The summed E-state index contributed by atoms with van der Waals surface area (Å²) in [6.45, 7) is 12.4. The number of carbonyl (C=O) groups excluding carboxylic acids is 3. The minimum absolute atomic E-state index is 0.00755. The van der Waals surface area contributed by atoms with Crippen LogP contribution in [0, 0.1) is 11.7 Å². The van der Waals surface area contributed by atoms with Gasteiger partial charge in [0.05, 0.1) is 18.2 Å². The number of esters is 1. The molecule has 0 aromatic heterocycles. The molecule has 1 saturated heterocycles. The van der Waals surface area contributed by atoms with E-state index in [0.29, 0.717) is 61.9 Å². The molecule has 2 aliphatic heterocycles. The lowest BCUT2D eigenvalue weighted by molar-refractivity contribution is -0.139. The third kappa shape index (κ3) is 6.20. The third-order valence-corrected chi connectivity index (χ3v) is 6.42.